The number of rotatable bonds is 5. The average Bonchev–Trinajstić information content (AvgIpc) is 3.32. The Kier molecular flexibility index (Phi) is 3.63. The third kappa shape index (κ3) is 2.87. The maximum absolute atomic E-state index is 10.3. The van der Waals surface area contributed by atoms with Gasteiger partial charge in [0.05, 0.1) is 6.10 Å². The molecule has 0 saturated heterocycles. The zero-order valence-corrected chi connectivity index (χ0v) is 13.1. The predicted octanol–water partition coefficient (Wildman–Crippen LogP) is 2.80. The van der Waals surface area contributed by atoms with Crippen molar-refractivity contribution in [1.82, 2.24) is 19.8 Å². The number of anilines is 1. The molecule has 1 atom stereocenters. The fraction of sp³-hybridized carbons (Fsp3) is 0.312. The van der Waals surface area contributed by atoms with E-state index in [1.165, 1.54) is 0 Å². The molecule has 1 aromatic carbocycles. The Morgan fingerprint density at radius 3 is 2.83 bits per heavy atom. The fourth-order valence-corrected chi connectivity index (χ4v) is 2.81. The Hall–Kier alpha value is -2.18. The highest BCUT2D eigenvalue weighted by Crippen LogP contribution is 2.38. The van der Waals surface area contributed by atoms with Gasteiger partial charge in [0, 0.05) is 23.0 Å². The van der Waals surface area contributed by atoms with Crippen molar-refractivity contribution in [3.8, 4) is 0 Å². The van der Waals surface area contributed by atoms with Crippen LogP contribution in [-0.4, -0.2) is 31.5 Å². The lowest BCUT2D eigenvalue weighted by Gasteiger charge is -2.14. The zero-order chi connectivity index (χ0) is 15.8. The van der Waals surface area contributed by atoms with Crippen LogP contribution >= 0.6 is 11.6 Å². The molecule has 2 N–H and O–H groups in total. The number of hydrogen-bond donors (Lipinski definition) is 2. The van der Waals surface area contributed by atoms with Gasteiger partial charge in [-0.3, -0.25) is 0 Å². The molecule has 4 rings (SSSR count). The van der Waals surface area contributed by atoms with Gasteiger partial charge in [-0.2, -0.15) is 4.52 Å². The Morgan fingerprint density at radius 1 is 1.22 bits per heavy atom. The first-order valence-electron chi connectivity index (χ1n) is 7.61. The first-order valence-corrected chi connectivity index (χ1v) is 7.99. The molecule has 0 bridgehead atoms. The van der Waals surface area contributed by atoms with Crippen molar-refractivity contribution in [2.45, 2.75) is 24.9 Å². The normalized spacial score (nSPS) is 15.7. The van der Waals surface area contributed by atoms with Crippen LogP contribution in [0, 0.1) is 0 Å². The highest BCUT2D eigenvalue weighted by atomic mass is 35.5. The molecule has 0 amide bonds. The predicted molar refractivity (Wildman–Crippen MR) is 87.7 cm³/mol. The van der Waals surface area contributed by atoms with E-state index in [1.807, 2.05) is 30.3 Å². The summed E-state index contributed by atoms with van der Waals surface area (Å²) < 4.78 is 1.78. The van der Waals surface area contributed by atoms with E-state index in [-0.39, 0.29) is 0 Å². The van der Waals surface area contributed by atoms with Crippen molar-refractivity contribution < 1.29 is 5.11 Å². The van der Waals surface area contributed by atoms with Crippen LogP contribution < -0.4 is 5.32 Å². The second-order valence-electron chi connectivity index (χ2n) is 5.74. The molecule has 1 aliphatic rings. The van der Waals surface area contributed by atoms with Gasteiger partial charge in [0.15, 0.2) is 11.5 Å². The molecule has 7 heteroatoms. The number of hydrogen-bond acceptors (Lipinski definition) is 5. The van der Waals surface area contributed by atoms with Gasteiger partial charge in [-0.15, -0.1) is 15.3 Å². The Labute approximate surface area is 138 Å². The molecule has 3 aromatic rings. The van der Waals surface area contributed by atoms with Gasteiger partial charge in [0.25, 0.3) is 0 Å². The SMILES string of the molecule is OC(CNc1ccc2nnc(C3CC3)n2n1)c1ccccc1Cl. The monoisotopic (exact) mass is 329 g/mol. The van der Waals surface area contributed by atoms with E-state index in [4.69, 9.17) is 11.6 Å². The molecule has 1 unspecified atom stereocenters. The van der Waals surface area contributed by atoms with Crippen LogP contribution in [-0.2, 0) is 0 Å². The van der Waals surface area contributed by atoms with E-state index in [0.29, 0.717) is 28.9 Å². The van der Waals surface area contributed by atoms with E-state index >= 15 is 0 Å². The van der Waals surface area contributed by atoms with Crippen LogP contribution in [0.25, 0.3) is 5.65 Å². The van der Waals surface area contributed by atoms with Gasteiger partial charge in [0.2, 0.25) is 0 Å². The van der Waals surface area contributed by atoms with Crippen LogP contribution in [0.1, 0.15) is 36.3 Å². The molecule has 0 spiro atoms. The second kappa shape index (κ2) is 5.79. The number of halogens is 1. The van der Waals surface area contributed by atoms with Crippen molar-refractivity contribution in [3.05, 3.63) is 52.8 Å². The minimum absolute atomic E-state index is 0.323. The highest BCUT2D eigenvalue weighted by molar-refractivity contribution is 6.31. The topological polar surface area (TPSA) is 75.3 Å². The first-order chi connectivity index (χ1) is 11.2. The maximum Gasteiger partial charge on any atom is 0.178 e. The van der Waals surface area contributed by atoms with Crippen LogP contribution in [0.5, 0.6) is 0 Å². The molecule has 1 aliphatic carbocycles. The Balaban J connectivity index is 1.51. The number of aliphatic hydroxyl groups excluding tert-OH is 1. The smallest absolute Gasteiger partial charge is 0.178 e. The van der Waals surface area contributed by atoms with E-state index in [9.17, 15) is 5.11 Å². The first kappa shape index (κ1) is 14.4. The summed E-state index contributed by atoms with van der Waals surface area (Å²) in [6.45, 7) is 0.323. The molecule has 1 saturated carbocycles. The van der Waals surface area contributed by atoms with Crippen LogP contribution in [0.3, 0.4) is 0 Å². The molecule has 23 heavy (non-hydrogen) atoms. The minimum Gasteiger partial charge on any atom is -0.387 e. The summed E-state index contributed by atoms with van der Waals surface area (Å²) in [5, 5.41) is 26.8. The number of nitrogens with zero attached hydrogens (tertiary/aromatic N) is 4. The van der Waals surface area contributed by atoms with Crippen LogP contribution in [0.15, 0.2) is 36.4 Å². The van der Waals surface area contributed by atoms with Crippen molar-refractivity contribution >= 4 is 23.1 Å². The molecule has 2 aromatic heterocycles. The standard InChI is InChI=1S/C16H16ClN5O/c17-12-4-2-1-3-11(12)13(23)9-18-14-7-8-15-19-20-16(10-5-6-10)22(15)21-14/h1-4,7-8,10,13,23H,5-6,9H2,(H,18,21). The summed E-state index contributed by atoms with van der Waals surface area (Å²) in [6, 6.07) is 11.0. The number of benzene rings is 1. The quantitative estimate of drug-likeness (QED) is 0.753. The third-order valence-corrected chi connectivity index (χ3v) is 4.31. The molecule has 6 nitrogen and oxygen atoms in total. The minimum atomic E-state index is -0.704. The fourth-order valence-electron chi connectivity index (χ4n) is 2.55. The summed E-state index contributed by atoms with van der Waals surface area (Å²) in [5.41, 5.74) is 1.44. The van der Waals surface area contributed by atoms with E-state index in [2.05, 4.69) is 20.6 Å². The van der Waals surface area contributed by atoms with Gasteiger partial charge in [-0.1, -0.05) is 29.8 Å². The molecule has 2 heterocycles. The summed E-state index contributed by atoms with van der Waals surface area (Å²) in [6.07, 6.45) is 1.58. The van der Waals surface area contributed by atoms with Gasteiger partial charge in [-0.05, 0) is 31.0 Å². The van der Waals surface area contributed by atoms with Gasteiger partial charge < -0.3 is 10.4 Å². The van der Waals surface area contributed by atoms with Crippen molar-refractivity contribution in [2.75, 3.05) is 11.9 Å². The second-order valence-corrected chi connectivity index (χ2v) is 6.15. The van der Waals surface area contributed by atoms with Gasteiger partial charge in [0.1, 0.15) is 5.82 Å². The Bertz CT molecular complexity index is 845. The van der Waals surface area contributed by atoms with Crippen molar-refractivity contribution in [2.24, 2.45) is 0 Å². The van der Waals surface area contributed by atoms with Crippen LogP contribution in [0.4, 0.5) is 5.82 Å². The van der Waals surface area contributed by atoms with Crippen LogP contribution in [0.2, 0.25) is 5.02 Å². The maximum atomic E-state index is 10.3. The molecular formula is C16H16ClN5O. The highest BCUT2D eigenvalue weighted by Gasteiger charge is 2.29. The van der Waals surface area contributed by atoms with E-state index in [1.54, 1.807) is 10.6 Å². The van der Waals surface area contributed by atoms with E-state index in [0.717, 1.165) is 24.3 Å². The zero-order valence-electron chi connectivity index (χ0n) is 12.4. The molecule has 0 radical (unpaired) electrons. The van der Waals surface area contributed by atoms with Gasteiger partial charge in [-0.25, -0.2) is 0 Å². The number of nitrogens with one attached hydrogen (secondary N) is 1. The van der Waals surface area contributed by atoms with E-state index < -0.39 is 6.10 Å². The molecule has 118 valence electrons. The average molecular weight is 330 g/mol. The van der Waals surface area contributed by atoms with Crippen molar-refractivity contribution in [1.29, 1.82) is 0 Å². The summed E-state index contributed by atoms with van der Waals surface area (Å²) in [4.78, 5) is 0. The summed E-state index contributed by atoms with van der Waals surface area (Å²) in [5.74, 6) is 2.06. The third-order valence-electron chi connectivity index (χ3n) is 3.97. The Morgan fingerprint density at radius 2 is 2.04 bits per heavy atom. The largest absolute Gasteiger partial charge is 0.387 e. The molecular weight excluding hydrogens is 314 g/mol. The molecule has 1 fully saturated rings. The molecule has 0 aliphatic heterocycles. The summed E-state index contributed by atoms with van der Waals surface area (Å²) in [7, 11) is 0. The number of aliphatic hydroxyl groups is 1. The lowest BCUT2D eigenvalue weighted by Crippen LogP contribution is -2.14. The lowest BCUT2D eigenvalue weighted by molar-refractivity contribution is 0.191. The van der Waals surface area contributed by atoms with Gasteiger partial charge >= 0.3 is 0 Å². The van der Waals surface area contributed by atoms with Crippen molar-refractivity contribution in [3.63, 3.8) is 0 Å². The number of fused-ring (bicyclic) bond motifs is 1. The summed E-state index contributed by atoms with van der Waals surface area (Å²) >= 11 is 6.10. The lowest BCUT2D eigenvalue weighted by atomic mass is 10.1. The number of aromatic nitrogens is 4.